The van der Waals surface area contributed by atoms with Gasteiger partial charge in [-0.15, -0.1) is 0 Å². The third-order valence-corrected chi connectivity index (χ3v) is 3.18. The molecule has 0 saturated heterocycles. The molecular weight excluding hydrogens is 292 g/mol. The molecular formula is C13H24N4O5. The monoisotopic (exact) mass is 316 g/mol. The van der Waals surface area contributed by atoms with E-state index in [1.807, 2.05) is 6.92 Å². The maximum absolute atomic E-state index is 11.9. The average Bonchev–Trinajstić information content (AvgIpc) is 2.48. The maximum atomic E-state index is 11.9. The van der Waals surface area contributed by atoms with E-state index in [1.54, 1.807) is 6.92 Å². The first-order valence-electron chi connectivity index (χ1n) is 7.02. The van der Waals surface area contributed by atoms with Crippen molar-refractivity contribution in [2.24, 2.45) is 11.7 Å². The van der Waals surface area contributed by atoms with Crippen LogP contribution < -0.4 is 21.7 Å². The number of hydrogen-bond donors (Lipinski definition) is 5. The number of amides is 3. The van der Waals surface area contributed by atoms with E-state index >= 15 is 0 Å². The van der Waals surface area contributed by atoms with Crippen molar-refractivity contribution in [3.8, 4) is 0 Å². The van der Waals surface area contributed by atoms with Crippen LogP contribution in [0.5, 0.6) is 0 Å². The lowest BCUT2D eigenvalue weighted by Gasteiger charge is -2.22. The van der Waals surface area contributed by atoms with E-state index in [0.29, 0.717) is 6.42 Å². The highest BCUT2D eigenvalue weighted by molar-refractivity contribution is 5.91. The summed E-state index contributed by atoms with van der Waals surface area (Å²) in [7, 11) is 0. The first kappa shape index (κ1) is 19.8. The number of nitrogens with one attached hydrogen (secondary N) is 3. The van der Waals surface area contributed by atoms with Gasteiger partial charge >= 0.3 is 5.97 Å². The van der Waals surface area contributed by atoms with E-state index in [2.05, 4.69) is 16.0 Å². The van der Waals surface area contributed by atoms with Crippen LogP contribution in [0.4, 0.5) is 0 Å². The van der Waals surface area contributed by atoms with Gasteiger partial charge in [0.1, 0.15) is 12.1 Å². The van der Waals surface area contributed by atoms with Gasteiger partial charge in [-0.3, -0.25) is 14.4 Å². The number of carboxylic acid groups (broad SMARTS) is 1. The molecule has 0 aliphatic rings. The second-order valence-electron chi connectivity index (χ2n) is 4.98. The summed E-state index contributed by atoms with van der Waals surface area (Å²) in [5.41, 5.74) is 5.07. The maximum Gasteiger partial charge on any atom is 0.326 e. The molecule has 0 rings (SSSR count). The third-order valence-electron chi connectivity index (χ3n) is 3.18. The van der Waals surface area contributed by atoms with Crippen molar-refractivity contribution in [1.82, 2.24) is 16.0 Å². The second kappa shape index (κ2) is 9.72. The zero-order chi connectivity index (χ0) is 17.3. The highest BCUT2D eigenvalue weighted by atomic mass is 16.4. The molecule has 0 aromatic heterocycles. The molecule has 0 bridgehead atoms. The van der Waals surface area contributed by atoms with Gasteiger partial charge in [0.25, 0.3) is 0 Å². The third kappa shape index (κ3) is 7.02. The van der Waals surface area contributed by atoms with Crippen LogP contribution in [0.25, 0.3) is 0 Å². The molecule has 0 aromatic rings. The zero-order valence-corrected chi connectivity index (χ0v) is 13.0. The van der Waals surface area contributed by atoms with Crippen LogP contribution in [0.15, 0.2) is 0 Å². The normalized spacial score (nSPS) is 14.4. The quantitative estimate of drug-likeness (QED) is 0.338. The van der Waals surface area contributed by atoms with Gasteiger partial charge in [0, 0.05) is 0 Å². The van der Waals surface area contributed by atoms with Gasteiger partial charge in [-0.2, -0.15) is 0 Å². The van der Waals surface area contributed by atoms with Crippen LogP contribution in [-0.2, 0) is 19.2 Å². The predicted octanol–water partition coefficient (Wildman–Crippen LogP) is -1.82. The molecule has 126 valence electrons. The highest BCUT2D eigenvalue weighted by Gasteiger charge is 2.27. The fraction of sp³-hybridized carbons (Fsp3) is 0.692. The molecule has 0 aromatic carbocycles. The zero-order valence-electron chi connectivity index (χ0n) is 13.0. The molecule has 3 amide bonds. The van der Waals surface area contributed by atoms with Crippen molar-refractivity contribution in [2.45, 2.75) is 39.3 Å². The molecule has 0 saturated carbocycles. The average molecular weight is 316 g/mol. The van der Waals surface area contributed by atoms with Gasteiger partial charge in [-0.25, -0.2) is 4.79 Å². The molecule has 0 aliphatic heterocycles. The van der Waals surface area contributed by atoms with Gasteiger partial charge in [0.05, 0.1) is 13.1 Å². The summed E-state index contributed by atoms with van der Waals surface area (Å²) in [5.74, 6) is -3.04. The van der Waals surface area contributed by atoms with E-state index in [9.17, 15) is 19.2 Å². The Hall–Kier alpha value is -2.16. The standard InChI is InChI=1S/C13H24N4O5/c1-4-7(2)11(13(21)22)17-12(20)8(3)16-10(19)6-15-9(18)5-14/h7-8,11H,4-6,14H2,1-3H3,(H,15,18)(H,16,19)(H,17,20)(H,21,22). The fourth-order valence-electron chi connectivity index (χ4n) is 1.57. The lowest BCUT2D eigenvalue weighted by atomic mass is 9.99. The molecule has 0 spiro atoms. The van der Waals surface area contributed by atoms with Crippen molar-refractivity contribution >= 4 is 23.7 Å². The number of hydrogen-bond acceptors (Lipinski definition) is 5. The summed E-state index contributed by atoms with van der Waals surface area (Å²) in [4.78, 5) is 45.5. The summed E-state index contributed by atoms with van der Waals surface area (Å²) in [6.45, 7) is 4.41. The Kier molecular flexibility index (Phi) is 8.76. The summed E-state index contributed by atoms with van der Waals surface area (Å²) in [5, 5.41) is 16.1. The molecule has 0 aliphatic carbocycles. The van der Waals surface area contributed by atoms with E-state index in [4.69, 9.17) is 10.8 Å². The lowest BCUT2D eigenvalue weighted by molar-refractivity contribution is -0.143. The number of aliphatic carboxylic acids is 1. The summed E-state index contributed by atoms with van der Waals surface area (Å²) >= 11 is 0. The molecule has 3 atom stereocenters. The lowest BCUT2D eigenvalue weighted by Crippen LogP contribution is -2.53. The van der Waals surface area contributed by atoms with Gasteiger partial charge < -0.3 is 26.8 Å². The fourth-order valence-corrected chi connectivity index (χ4v) is 1.57. The number of rotatable bonds is 9. The largest absolute Gasteiger partial charge is 0.480 e. The van der Waals surface area contributed by atoms with E-state index < -0.39 is 35.8 Å². The van der Waals surface area contributed by atoms with Crippen LogP contribution in [0.3, 0.4) is 0 Å². The molecule has 0 fully saturated rings. The van der Waals surface area contributed by atoms with Crippen LogP contribution in [0.2, 0.25) is 0 Å². The van der Waals surface area contributed by atoms with Crippen molar-refractivity contribution in [2.75, 3.05) is 13.1 Å². The first-order valence-corrected chi connectivity index (χ1v) is 7.02. The molecule has 6 N–H and O–H groups in total. The Bertz CT molecular complexity index is 427. The second-order valence-corrected chi connectivity index (χ2v) is 4.98. The molecule has 9 heteroatoms. The topological polar surface area (TPSA) is 151 Å². The minimum Gasteiger partial charge on any atom is -0.480 e. The van der Waals surface area contributed by atoms with Gasteiger partial charge in [0.2, 0.25) is 17.7 Å². The van der Waals surface area contributed by atoms with Crippen LogP contribution in [-0.4, -0.2) is 54.0 Å². The summed E-state index contributed by atoms with van der Waals surface area (Å²) in [6.07, 6.45) is 0.586. The number of carbonyl (C=O) groups is 4. The number of nitrogens with two attached hydrogens (primary N) is 1. The minimum absolute atomic E-state index is 0.238. The van der Waals surface area contributed by atoms with E-state index in [-0.39, 0.29) is 19.0 Å². The Labute approximate surface area is 129 Å². The molecule has 9 nitrogen and oxygen atoms in total. The summed E-state index contributed by atoms with van der Waals surface area (Å²) in [6, 6.07) is -1.94. The molecule has 22 heavy (non-hydrogen) atoms. The Balaban J connectivity index is 4.44. The summed E-state index contributed by atoms with van der Waals surface area (Å²) < 4.78 is 0. The van der Waals surface area contributed by atoms with Crippen LogP contribution in [0, 0.1) is 5.92 Å². The minimum atomic E-state index is -1.13. The van der Waals surface area contributed by atoms with Crippen molar-refractivity contribution < 1.29 is 24.3 Å². The highest BCUT2D eigenvalue weighted by Crippen LogP contribution is 2.08. The van der Waals surface area contributed by atoms with Gasteiger partial charge in [-0.1, -0.05) is 20.3 Å². The van der Waals surface area contributed by atoms with E-state index in [1.165, 1.54) is 6.92 Å². The van der Waals surface area contributed by atoms with Crippen molar-refractivity contribution in [3.05, 3.63) is 0 Å². The van der Waals surface area contributed by atoms with Crippen molar-refractivity contribution in [3.63, 3.8) is 0 Å². The SMILES string of the molecule is CCC(C)C(NC(=O)C(C)NC(=O)CNC(=O)CN)C(=O)O. The Morgan fingerprint density at radius 2 is 1.68 bits per heavy atom. The van der Waals surface area contributed by atoms with E-state index in [0.717, 1.165) is 0 Å². The molecule has 0 heterocycles. The Morgan fingerprint density at radius 3 is 2.14 bits per heavy atom. The predicted molar refractivity (Wildman–Crippen MR) is 78.7 cm³/mol. The number of carbonyl (C=O) groups excluding carboxylic acids is 3. The molecule has 0 radical (unpaired) electrons. The van der Waals surface area contributed by atoms with Gasteiger partial charge in [0.15, 0.2) is 0 Å². The Morgan fingerprint density at radius 1 is 1.09 bits per heavy atom. The van der Waals surface area contributed by atoms with Crippen LogP contribution in [0.1, 0.15) is 27.2 Å². The van der Waals surface area contributed by atoms with Gasteiger partial charge in [-0.05, 0) is 12.8 Å². The first-order chi connectivity index (χ1) is 10.2. The smallest absolute Gasteiger partial charge is 0.326 e. The van der Waals surface area contributed by atoms with Crippen LogP contribution >= 0.6 is 0 Å². The number of carboxylic acids is 1. The molecule has 3 unspecified atom stereocenters. The van der Waals surface area contributed by atoms with Crippen molar-refractivity contribution in [1.29, 1.82) is 0 Å².